The van der Waals surface area contributed by atoms with E-state index in [0.717, 1.165) is 38.7 Å². The van der Waals surface area contributed by atoms with Gasteiger partial charge in [0.2, 0.25) is 0 Å². The minimum absolute atomic E-state index is 0. The van der Waals surface area contributed by atoms with Crippen molar-refractivity contribution in [3.8, 4) is 0 Å². The molecular weight excluding hydrogens is 493 g/mol. The summed E-state index contributed by atoms with van der Waals surface area (Å²) >= 11 is 0. The molecule has 1 saturated heterocycles. The fourth-order valence-corrected chi connectivity index (χ4v) is 3.68. The van der Waals surface area contributed by atoms with E-state index in [-0.39, 0.29) is 29.9 Å². The maximum absolute atomic E-state index is 12.4. The molecule has 0 bridgehead atoms. The Balaban J connectivity index is 0.00000320. The van der Waals surface area contributed by atoms with Crippen LogP contribution < -0.4 is 10.2 Å². The van der Waals surface area contributed by atoms with Crippen LogP contribution in [-0.4, -0.2) is 74.5 Å². The quantitative estimate of drug-likeness (QED) is 0.357. The first-order valence-electron chi connectivity index (χ1n) is 10.2. The van der Waals surface area contributed by atoms with Crippen LogP contribution >= 0.6 is 24.0 Å². The molecule has 3 rings (SSSR count). The van der Waals surface area contributed by atoms with Crippen LogP contribution in [0.1, 0.15) is 23.0 Å². The molecule has 8 heteroatoms. The van der Waals surface area contributed by atoms with E-state index in [2.05, 4.69) is 58.2 Å². The smallest absolute Gasteiger partial charge is 0.289 e. The van der Waals surface area contributed by atoms with E-state index in [1.54, 1.807) is 12.1 Å². The van der Waals surface area contributed by atoms with Gasteiger partial charge in [-0.25, -0.2) is 0 Å². The molecule has 0 radical (unpaired) electrons. The topological polar surface area (TPSA) is 64.3 Å². The molecule has 1 aliphatic heterocycles. The number of hydrogen-bond acceptors (Lipinski definition) is 4. The molecule has 0 spiro atoms. The number of anilines is 1. The van der Waals surface area contributed by atoms with Crippen molar-refractivity contribution in [3.05, 3.63) is 54.0 Å². The van der Waals surface area contributed by atoms with E-state index in [0.29, 0.717) is 18.8 Å². The van der Waals surface area contributed by atoms with Crippen molar-refractivity contribution in [2.24, 2.45) is 4.99 Å². The van der Waals surface area contributed by atoms with Gasteiger partial charge in [0.1, 0.15) is 0 Å². The van der Waals surface area contributed by atoms with Gasteiger partial charge in [0.15, 0.2) is 11.7 Å². The molecule has 2 heterocycles. The molecule has 1 aromatic carbocycles. The fourth-order valence-electron chi connectivity index (χ4n) is 3.68. The summed E-state index contributed by atoms with van der Waals surface area (Å²) in [7, 11) is 1.81. The minimum Gasteiger partial charge on any atom is -0.459 e. The summed E-state index contributed by atoms with van der Waals surface area (Å²) in [4.78, 5) is 23.3. The van der Waals surface area contributed by atoms with Crippen molar-refractivity contribution in [2.45, 2.75) is 13.8 Å². The van der Waals surface area contributed by atoms with Gasteiger partial charge in [0.05, 0.1) is 6.26 Å². The van der Waals surface area contributed by atoms with Crippen molar-refractivity contribution in [1.82, 2.24) is 15.1 Å². The van der Waals surface area contributed by atoms with Gasteiger partial charge in [0.25, 0.3) is 5.91 Å². The number of aliphatic imine (C=N–C) groups is 1. The van der Waals surface area contributed by atoms with Gasteiger partial charge in [0, 0.05) is 58.5 Å². The Morgan fingerprint density at radius 1 is 1.13 bits per heavy atom. The molecule has 1 N–H and O–H groups in total. The van der Waals surface area contributed by atoms with Gasteiger partial charge < -0.3 is 24.4 Å². The lowest BCUT2D eigenvalue weighted by Gasteiger charge is -2.36. The summed E-state index contributed by atoms with van der Waals surface area (Å²) in [5, 5.41) is 3.48. The van der Waals surface area contributed by atoms with Gasteiger partial charge >= 0.3 is 0 Å². The number of amides is 1. The molecular formula is C22H32IN5O2. The second-order valence-electron chi connectivity index (χ2n) is 7.10. The number of furan rings is 1. The highest BCUT2D eigenvalue weighted by molar-refractivity contribution is 14.0. The molecule has 0 aliphatic carbocycles. The molecule has 7 nitrogen and oxygen atoms in total. The van der Waals surface area contributed by atoms with E-state index in [9.17, 15) is 4.79 Å². The van der Waals surface area contributed by atoms with E-state index >= 15 is 0 Å². The Hall–Kier alpha value is -2.23. The van der Waals surface area contributed by atoms with E-state index in [4.69, 9.17) is 4.42 Å². The number of piperazine rings is 1. The third-order valence-corrected chi connectivity index (χ3v) is 5.31. The molecule has 2 aromatic rings. The van der Waals surface area contributed by atoms with Crippen LogP contribution in [-0.2, 0) is 0 Å². The first kappa shape index (κ1) is 24.0. The van der Waals surface area contributed by atoms with Crippen molar-refractivity contribution >= 4 is 41.5 Å². The number of nitrogens with zero attached hydrogens (tertiary/aromatic N) is 4. The highest BCUT2D eigenvalue weighted by Crippen LogP contribution is 2.18. The number of aryl methyl sites for hydroxylation is 1. The average Bonchev–Trinajstić information content (AvgIpc) is 3.29. The van der Waals surface area contributed by atoms with Crippen molar-refractivity contribution in [3.63, 3.8) is 0 Å². The summed E-state index contributed by atoms with van der Waals surface area (Å²) in [6.45, 7) is 9.80. The lowest BCUT2D eigenvalue weighted by Crippen LogP contribution is -2.54. The van der Waals surface area contributed by atoms with Crippen molar-refractivity contribution in [1.29, 1.82) is 0 Å². The van der Waals surface area contributed by atoms with Crippen LogP contribution in [0.25, 0.3) is 0 Å². The molecule has 0 unspecified atom stereocenters. The summed E-state index contributed by atoms with van der Waals surface area (Å²) < 4.78 is 5.23. The largest absolute Gasteiger partial charge is 0.459 e. The first-order valence-corrected chi connectivity index (χ1v) is 10.2. The van der Waals surface area contributed by atoms with Crippen LogP contribution in [0.15, 0.2) is 52.1 Å². The van der Waals surface area contributed by atoms with Gasteiger partial charge in [-0.15, -0.1) is 24.0 Å². The summed E-state index contributed by atoms with van der Waals surface area (Å²) in [6, 6.07) is 11.9. The number of benzene rings is 1. The predicted octanol–water partition coefficient (Wildman–Crippen LogP) is 3.07. The summed E-state index contributed by atoms with van der Waals surface area (Å²) in [5.74, 6) is 1.24. The second-order valence-corrected chi connectivity index (χ2v) is 7.10. The zero-order valence-corrected chi connectivity index (χ0v) is 20.3. The molecule has 164 valence electrons. The van der Waals surface area contributed by atoms with Crippen molar-refractivity contribution < 1.29 is 9.21 Å². The molecule has 1 aliphatic rings. The maximum Gasteiger partial charge on any atom is 0.289 e. The van der Waals surface area contributed by atoms with Gasteiger partial charge in [-0.3, -0.25) is 9.79 Å². The number of guanidine groups is 1. The highest BCUT2D eigenvalue weighted by atomic mass is 127. The number of likely N-dealkylation sites (N-methyl/N-ethyl adjacent to an activating group) is 1. The molecule has 0 saturated carbocycles. The van der Waals surface area contributed by atoms with E-state index in [1.165, 1.54) is 17.5 Å². The molecule has 1 fully saturated rings. The monoisotopic (exact) mass is 525 g/mol. The van der Waals surface area contributed by atoms with E-state index < -0.39 is 0 Å². The molecule has 0 atom stereocenters. The van der Waals surface area contributed by atoms with E-state index in [1.807, 2.05) is 11.9 Å². The van der Waals surface area contributed by atoms with Crippen LogP contribution in [0.5, 0.6) is 0 Å². The van der Waals surface area contributed by atoms with Crippen LogP contribution in [0.3, 0.4) is 0 Å². The number of para-hydroxylation sites is 1. The van der Waals surface area contributed by atoms with Crippen LogP contribution in [0, 0.1) is 6.92 Å². The molecule has 1 amide bonds. The number of carbonyl (C=O) groups is 1. The first-order chi connectivity index (χ1) is 14.1. The maximum atomic E-state index is 12.4. The standard InChI is InChI=1S/C22H31N5O2.HI/c1-4-25(19-9-6-5-8-18(19)2)12-11-24-22(23-3)27-15-13-26(14-16-27)21(28)20-10-7-17-29-20;/h5-10,17H,4,11-16H2,1-3H3,(H,23,24);1H. The number of halogens is 1. The summed E-state index contributed by atoms with van der Waals surface area (Å²) in [6.07, 6.45) is 1.53. The Morgan fingerprint density at radius 2 is 1.83 bits per heavy atom. The lowest BCUT2D eigenvalue weighted by molar-refractivity contribution is 0.0658. The zero-order chi connectivity index (χ0) is 20.6. The number of nitrogens with one attached hydrogen (secondary N) is 1. The average molecular weight is 525 g/mol. The van der Waals surface area contributed by atoms with Gasteiger partial charge in [-0.1, -0.05) is 18.2 Å². The van der Waals surface area contributed by atoms with Crippen LogP contribution in [0.4, 0.5) is 5.69 Å². The fraction of sp³-hybridized carbons (Fsp3) is 0.455. The highest BCUT2D eigenvalue weighted by Gasteiger charge is 2.25. The number of hydrogen-bond donors (Lipinski definition) is 1. The SMILES string of the molecule is CCN(CCNC(=NC)N1CCN(C(=O)c2ccco2)CC1)c1ccccc1C.I. The Kier molecular flexibility index (Phi) is 9.48. The Morgan fingerprint density at radius 3 is 2.43 bits per heavy atom. The van der Waals surface area contributed by atoms with Crippen LogP contribution in [0.2, 0.25) is 0 Å². The second kappa shape index (κ2) is 11.8. The minimum atomic E-state index is -0.0468. The number of carbonyl (C=O) groups excluding carboxylic acids is 1. The van der Waals surface area contributed by atoms with Crippen molar-refractivity contribution in [2.75, 3.05) is 57.8 Å². The number of rotatable bonds is 6. The predicted molar refractivity (Wildman–Crippen MR) is 132 cm³/mol. The Bertz CT molecular complexity index is 817. The summed E-state index contributed by atoms with van der Waals surface area (Å²) in [5.41, 5.74) is 2.56. The molecule has 1 aromatic heterocycles. The van der Waals surface area contributed by atoms with Gasteiger partial charge in [-0.05, 0) is 37.6 Å². The zero-order valence-electron chi connectivity index (χ0n) is 18.0. The third kappa shape index (κ3) is 5.90. The normalized spacial score (nSPS) is 14.3. The molecule has 30 heavy (non-hydrogen) atoms. The lowest BCUT2D eigenvalue weighted by atomic mass is 10.2. The Labute approximate surface area is 196 Å². The third-order valence-electron chi connectivity index (χ3n) is 5.31. The van der Waals surface area contributed by atoms with Gasteiger partial charge in [-0.2, -0.15) is 0 Å².